The Morgan fingerprint density at radius 1 is 0.381 bits per heavy atom. The quantitative estimate of drug-likeness (QED) is 0.168. The molecule has 4 heterocycles. The number of nitrogens with zero attached hydrogens (tertiary/aromatic N) is 5. The second-order valence-electron chi connectivity index (χ2n) is 14.5. The van der Waals surface area contributed by atoms with Crippen LogP contribution in [0.25, 0.3) is 120 Å². The predicted molar refractivity (Wildman–Crippen MR) is 263 cm³/mol. The van der Waals surface area contributed by atoms with Crippen LogP contribution in [0.5, 0.6) is 0 Å². The summed E-state index contributed by atoms with van der Waals surface area (Å²) >= 11 is 1.71. The zero-order valence-electron chi connectivity index (χ0n) is 52.3. The molecular formula is C57H35N5S. The molecule has 9 aromatic carbocycles. The van der Waals surface area contributed by atoms with E-state index in [1.807, 2.05) is 36.4 Å². The molecule has 0 saturated carbocycles. The van der Waals surface area contributed by atoms with E-state index < -0.39 is 160 Å². The summed E-state index contributed by atoms with van der Waals surface area (Å²) in [6, 6.07) is 14.2. The van der Waals surface area contributed by atoms with Crippen molar-refractivity contribution in [1.82, 2.24) is 24.1 Å². The van der Waals surface area contributed by atoms with Crippen molar-refractivity contribution in [2.24, 2.45) is 0 Å². The number of thiophene rings is 1. The van der Waals surface area contributed by atoms with Crippen LogP contribution < -0.4 is 0 Å². The molecule has 6 heteroatoms. The summed E-state index contributed by atoms with van der Waals surface area (Å²) in [5.74, 6) is -1.37. The molecule has 0 radical (unpaired) electrons. The van der Waals surface area contributed by atoms with Crippen molar-refractivity contribution in [1.29, 1.82) is 0 Å². The molecule has 4 aromatic heterocycles. The van der Waals surface area contributed by atoms with Gasteiger partial charge < -0.3 is 0 Å². The first-order valence-electron chi connectivity index (χ1n) is 29.6. The molecular weight excluding hydrogens is 787 g/mol. The van der Waals surface area contributed by atoms with E-state index in [0.29, 0.717) is 0 Å². The van der Waals surface area contributed by atoms with Crippen LogP contribution in [0.15, 0.2) is 212 Å². The minimum Gasteiger partial charge on any atom is -0.278 e. The fraction of sp³-hybridized carbons (Fsp3) is 0. The molecule has 0 aliphatic carbocycles. The summed E-state index contributed by atoms with van der Waals surface area (Å²) in [6.07, 6.45) is 0. The molecule has 5 nitrogen and oxygen atoms in total. The monoisotopic (exact) mass is 841 g/mol. The third kappa shape index (κ3) is 5.73. The minimum absolute atomic E-state index is 0.227. The van der Waals surface area contributed by atoms with E-state index in [2.05, 4.69) is 30.3 Å². The Bertz CT molecular complexity index is 5010. The van der Waals surface area contributed by atoms with Crippen molar-refractivity contribution >= 4 is 75.1 Å². The van der Waals surface area contributed by atoms with E-state index in [-0.39, 0.29) is 38.6 Å². The second-order valence-corrected chi connectivity index (χ2v) is 15.6. The van der Waals surface area contributed by atoms with Crippen LogP contribution in [0.2, 0.25) is 0 Å². The van der Waals surface area contributed by atoms with Crippen molar-refractivity contribution < 1.29 is 27.4 Å². The lowest BCUT2D eigenvalue weighted by Crippen LogP contribution is -2.10. The molecule has 0 unspecified atom stereocenters. The fourth-order valence-corrected chi connectivity index (χ4v) is 9.34. The molecule has 0 aliphatic rings. The van der Waals surface area contributed by atoms with Crippen molar-refractivity contribution in [2.75, 3.05) is 0 Å². The number of fused-ring (bicyclic) bond motifs is 9. The van der Waals surface area contributed by atoms with E-state index in [9.17, 15) is 9.60 Å². The number of para-hydroxylation sites is 3. The first-order valence-corrected chi connectivity index (χ1v) is 20.4. The summed E-state index contributed by atoms with van der Waals surface area (Å²) in [7, 11) is 0. The second kappa shape index (κ2) is 14.2. The van der Waals surface area contributed by atoms with Crippen molar-refractivity contribution in [3.05, 3.63) is 212 Å². The average molecular weight is 842 g/mol. The van der Waals surface area contributed by atoms with Gasteiger partial charge in [-0.05, 0) is 75.7 Å². The zero-order valence-corrected chi connectivity index (χ0v) is 33.1. The van der Waals surface area contributed by atoms with Gasteiger partial charge in [0.05, 0.1) is 49.5 Å². The van der Waals surface area contributed by atoms with Crippen molar-refractivity contribution in [3.8, 4) is 56.7 Å². The Kier molecular flexibility index (Phi) is 4.75. The average Bonchev–Trinajstić information content (AvgIpc) is 2.25. The van der Waals surface area contributed by atoms with Gasteiger partial charge in [-0.25, -0.2) is 0 Å². The van der Waals surface area contributed by atoms with Gasteiger partial charge in [0, 0.05) is 47.3 Å². The largest absolute Gasteiger partial charge is 0.278 e. The Labute approximate surface area is 394 Å². The van der Waals surface area contributed by atoms with Crippen molar-refractivity contribution in [2.45, 2.75) is 0 Å². The maximum Gasteiger partial charge on any atom is 0.240 e. The van der Waals surface area contributed by atoms with E-state index in [4.69, 9.17) is 32.8 Å². The highest BCUT2D eigenvalue weighted by Gasteiger charge is 2.21. The van der Waals surface area contributed by atoms with Crippen LogP contribution in [0, 0.1) is 0 Å². The number of hydrogen-bond acceptors (Lipinski definition) is 4. The van der Waals surface area contributed by atoms with Gasteiger partial charge in [-0.15, -0.1) is 11.3 Å². The molecule has 63 heavy (non-hydrogen) atoms. The van der Waals surface area contributed by atoms with E-state index in [1.165, 1.54) is 0 Å². The number of aromatic nitrogens is 5. The van der Waals surface area contributed by atoms with Gasteiger partial charge >= 0.3 is 0 Å². The van der Waals surface area contributed by atoms with Crippen LogP contribution in [0.1, 0.15) is 27.4 Å². The molecule has 0 spiro atoms. The normalized spacial score (nSPS) is 16.3. The molecule has 0 amide bonds. The fourth-order valence-electron chi connectivity index (χ4n) is 8.21. The summed E-state index contributed by atoms with van der Waals surface area (Å²) in [5, 5.41) is 0.826. The number of benzene rings is 9. The highest BCUT2D eigenvalue weighted by atomic mass is 32.1. The van der Waals surface area contributed by atoms with Gasteiger partial charge in [-0.1, -0.05) is 169 Å². The Morgan fingerprint density at radius 2 is 0.952 bits per heavy atom. The van der Waals surface area contributed by atoms with E-state index in [1.54, 1.807) is 35.6 Å². The molecule has 0 saturated heterocycles. The van der Waals surface area contributed by atoms with Gasteiger partial charge in [0.25, 0.3) is 0 Å². The molecule has 0 aliphatic heterocycles. The molecule has 0 atom stereocenters. The summed E-state index contributed by atoms with van der Waals surface area (Å²) in [6.45, 7) is 0. The van der Waals surface area contributed by atoms with Gasteiger partial charge in [0.15, 0.2) is 5.82 Å². The standard InChI is InChI=1S/C57H35N5S/c1-2-14-36(15-3-1)40-32-33-46-45-20-6-10-25-50(45)62(51(46)35-40)57-59-55(58-56(60-57)61-48-23-8-4-18-43(48)44-19-5-9-24-49(44)61)38-30-28-37(29-31-38)39-16-12-17-41(34-39)42-22-13-27-53-54(42)47-21-7-11-26-52(47)63-53/h1-35H/i1D,2D,3D,4D,5D,6D,8D,9D,10D,14D,15D,18D,19D,20D,23D,24D,25D,32D,33D,35D. The van der Waals surface area contributed by atoms with Gasteiger partial charge in [0.2, 0.25) is 11.9 Å². The smallest absolute Gasteiger partial charge is 0.240 e. The Hall–Kier alpha value is -8.19. The lowest BCUT2D eigenvalue weighted by atomic mass is 9.95. The summed E-state index contributed by atoms with van der Waals surface area (Å²) in [5.41, 5.74) is 0.841. The van der Waals surface area contributed by atoms with Gasteiger partial charge in [0.1, 0.15) is 0 Å². The van der Waals surface area contributed by atoms with Crippen LogP contribution in [0.4, 0.5) is 0 Å². The minimum atomic E-state index is -0.822. The van der Waals surface area contributed by atoms with E-state index >= 15 is 0 Å². The highest BCUT2D eigenvalue weighted by molar-refractivity contribution is 7.25. The maximum atomic E-state index is 9.91. The third-order valence-corrected chi connectivity index (χ3v) is 12.1. The zero-order chi connectivity index (χ0) is 58.8. The molecule has 0 bridgehead atoms. The third-order valence-electron chi connectivity index (χ3n) is 11.0. The SMILES string of the molecule is [2H]c1c([2H])c([2H])c(-c2c([2H])c([2H])c3c4c([2H])c([2H])c([2H])c([2H])c4n(-c4nc(-c5ccc(-c6cccc(-c7cccc8sc9ccccc9c78)c6)cc5)nc(-n5c6c([2H])c([2H])c([2H])c([2H])c6c6c([2H])c([2H])c([2H])c([2H])c65)n4)c3c2[2H])c([2H])c1[2H]. The summed E-state index contributed by atoms with van der Waals surface area (Å²) < 4.78 is 184. The van der Waals surface area contributed by atoms with Gasteiger partial charge in [-0.3, -0.25) is 9.13 Å². The first kappa shape index (κ1) is 21.1. The maximum absolute atomic E-state index is 9.91. The molecule has 0 fully saturated rings. The molecule has 0 N–H and O–H groups in total. The van der Waals surface area contributed by atoms with E-state index in [0.717, 1.165) is 51.6 Å². The van der Waals surface area contributed by atoms with Gasteiger partial charge in [-0.2, -0.15) is 15.0 Å². The predicted octanol–water partition coefficient (Wildman–Crippen LogP) is 15.1. The molecule has 13 rings (SSSR count). The van der Waals surface area contributed by atoms with Crippen LogP contribution in [0.3, 0.4) is 0 Å². The Balaban J connectivity index is 1.13. The van der Waals surface area contributed by atoms with Crippen LogP contribution >= 0.6 is 11.3 Å². The molecule has 13 aromatic rings. The topological polar surface area (TPSA) is 48.5 Å². The van der Waals surface area contributed by atoms with Crippen LogP contribution in [-0.2, 0) is 0 Å². The highest BCUT2D eigenvalue weighted by Crippen LogP contribution is 2.41. The Morgan fingerprint density at radius 3 is 1.67 bits per heavy atom. The first-order chi connectivity index (χ1) is 39.5. The van der Waals surface area contributed by atoms with Crippen molar-refractivity contribution in [3.63, 3.8) is 0 Å². The lowest BCUT2D eigenvalue weighted by Gasteiger charge is -2.13. The molecule has 294 valence electrons. The van der Waals surface area contributed by atoms with Crippen LogP contribution in [-0.4, -0.2) is 24.1 Å². The number of rotatable bonds is 6. The number of hydrogen-bond donors (Lipinski definition) is 0. The lowest BCUT2D eigenvalue weighted by molar-refractivity contribution is 0.893. The summed E-state index contributed by atoms with van der Waals surface area (Å²) in [4.78, 5) is 14.6.